The predicted molar refractivity (Wildman–Crippen MR) is 138 cm³/mol. The summed E-state index contributed by atoms with van der Waals surface area (Å²) in [6.07, 6.45) is -0.441. The van der Waals surface area contributed by atoms with Gasteiger partial charge >= 0.3 is 11.9 Å². The molecule has 0 spiro atoms. The molecule has 0 bridgehead atoms. The zero-order chi connectivity index (χ0) is 27.2. The van der Waals surface area contributed by atoms with Gasteiger partial charge < -0.3 is 39.0 Å². The first-order valence-corrected chi connectivity index (χ1v) is 14.6. The predicted octanol–water partition coefficient (Wildman–Crippen LogP) is 1.59. The molecule has 1 aliphatic rings. The van der Waals surface area contributed by atoms with Gasteiger partial charge in [-0.3, -0.25) is 0 Å². The number of methoxy groups -OCH3 is 1. The van der Waals surface area contributed by atoms with Gasteiger partial charge in [0, 0.05) is 5.75 Å². The standard InChI is InChI=1S/C26H34O10S/c1-32-19-14-17(10-11-18(19)35-25(31)16-8-6-5-7-9-16)24(30)34-15-20-21(27)22(28)23(29)26(36-20)33-12-13-37(2,3)4/h5-11,14,20-23,26-29H,12-13,15H2,1-4H3/t20-,21-,22+,23-,26-/m1/s1. The Morgan fingerprint density at radius 1 is 0.892 bits per heavy atom. The molecule has 1 fully saturated rings. The lowest BCUT2D eigenvalue weighted by Crippen LogP contribution is -2.59. The van der Waals surface area contributed by atoms with Gasteiger partial charge in [0.15, 0.2) is 17.8 Å². The van der Waals surface area contributed by atoms with E-state index in [4.69, 9.17) is 23.7 Å². The molecule has 1 heterocycles. The summed E-state index contributed by atoms with van der Waals surface area (Å²) in [6, 6.07) is 12.6. The Bertz CT molecular complexity index is 1060. The topological polar surface area (TPSA) is 141 Å². The van der Waals surface area contributed by atoms with Gasteiger partial charge in [0.2, 0.25) is 0 Å². The van der Waals surface area contributed by atoms with Gasteiger partial charge in [0.1, 0.15) is 31.0 Å². The number of benzene rings is 2. The highest BCUT2D eigenvalue weighted by molar-refractivity contribution is 8.32. The van der Waals surface area contributed by atoms with Crippen LogP contribution < -0.4 is 9.47 Å². The molecule has 37 heavy (non-hydrogen) atoms. The van der Waals surface area contributed by atoms with Crippen LogP contribution in [0.25, 0.3) is 0 Å². The number of hydrogen-bond donors (Lipinski definition) is 3. The summed E-state index contributed by atoms with van der Waals surface area (Å²) < 4.78 is 27.1. The summed E-state index contributed by atoms with van der Waals surface area (Å²) in [6.45, 7) is -0.0991. The molecule has 1 aliphatic heterocycles. The molecule has 0 amide bonds. The van der Waals surface area contributed by atoms with Crippen molar-refractivity contribution in [3.8, 4) is 11.5 Å². The van der Waals surface area contributed by atoms with Crippen LogP contribution in [0.15, 0.2) is 48.5 Å². The van der Waals surface area contributed by atoms with Crippen molar-refractivity contribution in [3.05, 3.63) is 59.7 Å². The molecule has 0 aromatic heterocycles. The van der Waals surface area contributed by atoms with Crippen molar-refractivity contribution in [2.24, 2.45) is 0 Å². The number of aliphatic hydroxyl groups excluding tert-OH is 3. The van der Waals surface area contributed by atoms with Crippen molar-refractivity contribution in [2.75, 3.05) is 44.8 Å². The Morgan fingerprint density at radius 2 is 1.59 bits per heavy atom. The van der Waals surface area contributed by atoms with E-state index >= 15 is 0 Å². The van der Waals surface area contributed by atoms with Crippen molar-refractivity contribution in [2.45, 2.75) is 30.7 Å². The molecule has 5 atom stereocenters. The van der Waals surface area contributed by atoms with Crippen LogP contribution in [-0.4, -0.2) is 103 Å². The van der Waals surface area contributed by atoms with Gasteiger partial charge in [-0.1, -0.05) is 18.2 Å². The summed E-state index contributed by atoms with van der Waals surface area (Å²) >= 11 is 0. The minimum Gasteiger partial charge on any atom is -0.493 e. The molecule has 2 aromatic carbocycles. The number of hydrogen-bond acceptors (Lipinski definition) is 10. The highest BCUT2D eigenvalue weighted by atomic mass is 32.3. The Balaban J connectivity index is 1.61. The average Bonchev–Trinajstić information content (AvgIpc) is 2.87. The van der Waals surface area contributed by atoms with E-state index in [1.54, 1.807) is 30.3 Å². The van der Waals surface area contributed by atoms with E-state index < -0.39 is 59.3 Å². The van der Waals surface area contributed by atoms with E-state index in [-0.39, 0.29) is 17.1 Å². The Kier molecular flexibility index (Phi) is 9.93. The molecule has 2 aromatic rings. The first kappa shape index (κ1) is 28.9. The fourth-order valence-electron chi connectivity index (χ4n) is 3.46. The fourth-order valence-corrected chi connectivity index (χ4v) is 4.06. The van der Waals surface area contributed by atoms with Gasteiger partial charge in [-0.05, 0) is 49.1 Å². The minimum atomic E-state index is -1.54. The summed E-state index contributed by atoms with van der Waals surface area (Å²) in [7, 11) is 0.522. The lowest BCUT2D eigenvalue weighted by atomic mass is 9.99. The third-order valence-electron chi connectivity index (χ3n) is 5.64. The van der Waals surface area contributed by atoms with E-state index in [9.17, 15) is 24.9 Å². The van der Waals surface area contributed by atoms with E-state index in [1.165, 1.54) is 25.3 Å². The van der Waals surface area contributed by atoms with Gasteiger partial charge in [-0.25, -0.2) is 19.6 Å². The Labute approximate surface area is 217 Å². The third-order valence-corrected chi connectivity index (χ3v) is 7.03. The number of carbonyl (C=O) groups is 2. The van der Waals surface area contributed by atoms with Crippen molar-refractivity contribution in [1.82, 2.24) is 0 Å². The maximum atomic E-state index is 12.7. The molecule has 204 valence electrons. The van der Waals surface area contributed by atoms with E-state index in [2.05, 4.69) is 18.8 Å². The average molecular weight is 539 g/mol. The van der Waals surface area contributed by atoms with Crippen molar-refractivity contribution in [3.63, 3.8) is 0 Å². The van der Waals surface area contributed by atoms with Crippen LogP contribution in [-0.2, 0) is 14.2 Å². The van der Waals surface area contributed by atoms with Crippen LogP contribution in [0.3, 0.4) is 0 Å². The quantitative estimate of drug-likeness (QED) is 0.302. The number of rotatable bonds is 10. The molecular formula is C26H34O10S. The molecule has 3 N–H and O–H groups in total. The second kappa shape index (κ2) is 12.7. The summed E-state index contributed by atoms with van der Waals surface area (Å²) in [5.74, 6) is -0.326. The first-order valence-electron chi connectivity index (χ1n) is 11.6. The second-order valence-electron chi connectivity index (χ2n) is 9.40. The monoisotopic (exact) mass is 538 g/mol. The molecule has 11 heteroatoms. The SMILES string of the molecule is COc1cc(C(=O)OC[C@H]2O[C@@H](OCCS(C)(C)C)[C@H](O)[C@@H](O)[C@@H]2O)ccc1OC(=O)c1ccccc1. The Hall–Kier alpha value is -2.67. The third kappa shape index (κ3) is 7.91. The van der Waals surface area contributed by atoms with Crippen LogP contribution in [0.5, 0.6) is 11.5 Å². The summed E-state index contributed by atoms with van der Waals surface area (Å²) in [5, 5.41) is 30.8. The highest BCUT2D eigenvalue weighted by Crippen LogP contribution is 2.34. The molecule has 1 saturated heterocycles. The van der Waals surface area contributed by atoms with Crippen LogP contribution >= 0.6 is 10.0 Å². The maximum absolute atomic E-state index is 12.7. The number of carbonyl (C=O) groups excluding carboxylic acids is 2. The lowest BCUT2D eigenvalue weighted by Gasteiger charge is -2.40. The molecule has 0 unspecified atom stereocenters. The van der Waals surface area contributed by atoms with Crippen LogP contribution in [0, 0.1) is 0 Å². The highest BCUT2D eigenvalue weighted by Gasteiger charge is 2.44. The van der Waals surface area contributed by atoms with Crippen LogP contribution in [0.1, 0.15) is 20.7 Å². The zero-order valence-electron chi connectivity index (χ0n) is 21.2. The maximum Gasteiger partial charge on any atom is 0.343 e. The summed E-state index contributed by atoms with van der Waals surface area (Å²) in [4.78, 5) is 25.0. The van der Waals surface area contributed by atoms with Gasteiger partial charge in [-0.2, -0.15) is 0 Å². The fraction of sp³-hybridized carbons (Fsp3) is 0.462. The number of esters is 2. The first-order chi connectivity index (χ1) is 17.5. The molecule has 10 nitrogen and oxygen atoms in total. The zero-order valence-corrected chi connectivity index (χ0v) is 22.1. The van der Waals surface area contributed by atoms with E-state index in [0.717, 1.165) is 5.75 Å². The van der Waals surface area contributed by atoms with Crippen LogP contribution in [0.4, 0.5) is 0 Å². The number of ether oxygens (including phenoxy) is 5. The van der Waals surface area contributed by atoms with Crippen molar-refractivity contribution >= 4 is 22.0 Å². The molecule has 0 radical (unpaired) electrons. The summed E-state index contributed by atoms with van der Waals surface area (Å²) in [5.41, 5.74) is 0.455. The number of aliphatic hydroxyl groups is 3. The van der Waals surface area contributed by atoms with Crippen molar-refractivity contribution < 1.29 is 48.6 Å². The lowest BCUT2D eigenvalue weighted by molar-refractivity contribution is -0.299. The normalized spacial score (nSPS) is 24.2. The van der Waals surface area contributed by atoms with Gasteiger partial charge in [0.25, 0.3) is 0 Å². The van der Waals surface area contributed by atoms with Crippen molar-refractivity contribution in [1.29, 1.82) is 0 Å². The molecular weight excluding hydrogens is 504 g/mol. The van der Waals surface area contributed by atoms with Crippen LogP contribution in [0.2, 0.25) is 0 Å². The Morgan fingerprint density at radius 3 is 2.24 bits per heavy atom. The largest absolute Gasteiger partial charge is 0.493 e. The second-order valence-corrected chi connectivity index (χ2v) is 14.0. The molecule has 0 saturated carbocycles. The van der Waals surface area contributed by atoms with Gasteiger partial charge in [-0.15, -0.1) is 0 Å². The van der Waals surface area contributed by atoms with Gasteiger partial charge in [0.05, 0.1) is 24.8 Å². The van der Waals surface area contributed by atoms with E-state index in [0.29, 0.717) is 12.2 Å². The molecule has 3 rings (SSSR count). The minimum absolute atomic E-state index is 0.100. The molecule has 0 aliphatic carbocycles. The van der Waals surface area contributed by atoms with E-state index in [1.807, 2.05) is 0 Å². The smallest absolute Gasteiger partial charge is 0.343 e.